The molecule has 1 aliphatic rings. The van der Waals surface area contributed by atoms with Gasteiger partial charge in [0.15, 0.2) is 5.65 Å². The summed E-state index contributed by atoms with van der Waals surface area (Å²) in [6.45, 7) is 0.367. The molecule has 0 fully saturated rings. The minimum atomic E-state index is -4.61. The van der Waals surface area contributed by atoms with Crippen LogP contribution in [0, 0.1) is 5.95 Å². The topological polar surface area (TPSA) is 75.4 Å². The second kappa shape index (κ2) is 8.04. The maximum atomic E-state index is 13.4. The molecule has 0 spiro atoms. The third-order valence-electron chi connectivity index (χ3n) is 4.80. The predicted octanol–water partition coefficient (Wildman–Crippen LogP) is 3.73. The number of alkyl halides is 5. The second-order valence-electron chi connectivity index (χ2n) is 6.81. The molecule has 166 valence electrons. The van der Waals surface area contributed by atoms with Crippen LogP contribution in [-0.2, 0) is 10.2 Å². The van der Waals surface area contributed by atoms with Crippen LogP contribution in [0.5, 0.6) is 0 Å². The van der Waals surface area contributed by atoms with E-state index in [4.69, 9.17) is 0 Å². The standard InChI is InChI=1S/C11H8F4N4O.C7H8F2N2/c1-10(11(13,14)15)4-18(5-20)6-3-16-8-2-7(12)17-19(8)9(6)10;1-10-5-2-3-11-6(4-5)7(8)9/h2-3,5H,4H2,1H3;2-4,7H,1H3,(H,10,11). The molecule has 0 saturated carbocycles. The number of fused-ring (bicyclic) bond motifs is 3. The van der Waals surface area contributed by atoms with Gasteiger partial charge in [-0.05, 0) is 19.1 Å². The number of nitrogens with one attached hydrogen (secondary N) is 1. The van der Waals surface area contributed by atoms with Gasteiger partial charge in [-0.1, -0.05) is 0 Å². The van der Waals surface area contributed by atoms with Crippen LogP contribution in [0.4, 0.5) is 37.7 Å². The van der Waals surface area contributed by atoms with E-state index in [-0.39, 0.29) is 22.7 Å². The second-order valence-corrected chi connectivity index (χ2v) is 6.81. The Morgan fingerprint density at radius 3 is 2.55 bits per heavy atom. The number of hydrogen-bond donors (Lipinski definition) is 1. The smallest absolute Gasteiger partial charge is 0.388 e. The first-order valence-electron chi connectivity index (χ1n) is 8.77. The molecule has 1 amide bonds. The lowest BCUT2D eigenvalue weighted by atomic mass is 9.88. The average Bonchev–Trinajstić information content (AvgIpc) is 3.25. The Morgan fingerprint density at radius 2 is 1.97 bits per heavy atom. The van der Waals surface area contributed by atoms with Crippen molar-refractivity contribution in [2.24, 2.45) is 0 Å². The minimum absolute atomic E-state index is 0.0181. The average molecular weight is 446 g/mol. The van der Waals surface area contributed by atoms with Crippen molar-refractivity contribution in [1.82, 2.24) is 19.6 Å². The summed E-state index contributed by atoms with van der Waals surface area (Å²) < 4.78 is 78.1. The van der Waals surface area contributed by atoms with Crippen LogP contribution < -0.4 is 10.2 Å². The molecule has 1 atom stereocenters. The molecule has 13 heteroatoms. The maximum absolute atomic E-state index is 13.4. The lowest BCUT2D eigenvalue weighted by molar-refractivity contribution is -0.181. The SMILES string of the molecule is CC1(C(F)(F)F)CN(C=O)c2cnc3cc(F)nn3c21.CNc1ccnc(C(F)F)c1. The number of carbonyl (C=O) groups is 1. The summed E-state index contributed by atoms with van der Waals surface area (Å²) in [6.07, 6.45) is -4.34. The highest BCUT2D eigenvalue weighted by Crippen LogP contribution is 2.49. The highest BCUT2D eigenvalue weighted by atomic mass is 19.4. The Bertz CT molecular complexity index is 1100. The lowest BCUT2D eigenvalue weighted by Gasteiger charge is -2.27. The van der Waals surface area contributed by atoms with Crippen molar-refractivity contribution in [3.05, 3.63) is 47.9 Å². The number of rotatable bonds is 3. The van der Waals surface area contributed by atoms with E-state index in [0.717, 1.165) is 28.6 Å². The van der Waals surface area contributed by atoms with Crippen molar-refractivity contribution in [1.29, 1.82) is 0 Å². The summed E-state index contributed by atoms with van der Waals surface area (Å²) in [6, 6.07) is 3.89. The first-order chi connectivity index (χ1) is 14.5. The van der Waals surface area contributed by atoms with E-state index in [0.29, 0.717) is 12.1 Å². The summed E-state index contributed by atoms with van der Waals surface area (Å²) in [5.41, 5.74) is -2.22. The van der Waals surface area contributed by atoms with Crippen LogP contribution in [0.25, 0.3) is 5.65 Å². The molecule has 1 unspecified atom stereocenters. The predicted molar refractivity (Wildman–Crippen MR) is 98.5 cm³/mol. The summed E-state index contributed by atoms with van der Waals surface area (Å²) in [7, 11) is 1.67. The highest BCUT2D eigenvalue weighted by Gasteiger charge is 2.59. The van der Waals surface area contributed by atoms with Crippen molar-refractivity contribution >= 4 is 23.4 Å². The van der Waals surface area contributed by atoms with Crippen LogP contribution >= 0.6 is 0 Å². The van der Waals surface area contributed by atoms with Gasteiger partial charge in [0.25, 0.3) is 6.43 Å². The van der Waals surface area contributed by atoms with Crippen molar-refractivity contribution in [3.8, 4) is 0 Å². The molecule has 0 bridgehead atoms. The van der Waals surface area contributed by atoms with E-state index in [2.05, 4.69) is 20.4 Å². The van der Waals surface area contributed by atoms with Gasteiger partial charge in [-0.15, -0.1) is 5.10 Å². The van der Waals surface area contributed by atoms with Gasteiger partial charge in [-0.2, -0.15) is 17.6 Å². The highest BCUT2D eigenvalue weighted by molar-refractivity contribution is 5.81. The molecule has 0 radical (unpaired) electrons. The zero-order valence-corrected chi connectivity index (χ0v) is 16.2. The first-order valence-corrected chi connectivity index (χ1v) is 8.77. The zero-order valence-electron chi connectivity index (χ0n) is 16.2. The number of pyridine rings is 1. The Balaban J connectivity index is 0.000000210. The molecule has 1 aliphatic heterocycles. The molecule has 31 heavy (non-hydrogen) atoms. The first kappa shape index (κ1) is 22.3. The van der Waals surface area contributed by atoms with E-state index in [1.165, 1.54) is 12.3 Å². The summed E-state index contributed by atoms with van der Waals surface area (Å²) >= 11 is 0. The van der Waals surface area contributed by atoms with Crippen molar-refractivity contribution in [3.63, 3.8) is 0 Å². The van der Waals surface area contributed by atoms with Crippen LogP contribution in [-0.4, -0.2) is 45.8 Å². The number of carbonyl (C=O) groups excluding carboxylic acids is 1. The number of nitrogens with zero attached hydrogens (tertiary/aromatic N) is 5. The monoisotopic (exact) mass is 446 g/mol. The fourth-order valence-electron chi connectivity index (χ4n) is 3.17. The largest absolute Gasteiger partial charge is 0.401 e. The zero-order chi connectivity index (χ0) is 23.0. The van der Waals surface area contributed by atoms with Crippen LogP contribution in [0.2, 0.25) is 0 Å². The van der Waals surface area contributed by atoms with Gasteiger partial charge in [0.1, 0.15) is 11.1 Å². The molecule has 3 aromatic heterocycles. The van der Waals surface area contributed by atoms with Crippen LogP contribution in [0.1, 0.15) is 24.7 Å². The van der Waals surface area contributed by atoms with Crippen molar-refractivity contribution in [2.45, 2.75) is 24.9 Å². The van der Waals surface area contributed by atoms with E-state index in [1.807, 2.05) is 0 Å². The fourth-order valence-corrected chi connectivity index (χ4v) is 3.17. The molecular weight excluding hydrogens is 430 g/mol. The number of anilines is 2. The quantitative estimate of drug-likeness (QED) is 0.490. The normalized spacial score (nSPS) is 18.0. The van der Waals surface area contributed by atoms with E-state index in [9.17, 15) is 31.1 Å². The Morgan fingerprint density at radius 1 is 1.26 bits per heavy atom. The third-order valence-corrected chi connectivity index (χ3v) is 4.80. The maximum Gasteiger partial charge on any atom is 0.401 e. The van der Waals surface area contributed by atoms with Crippen LogP contribution in [0.3, 0.4) is 0 Å². The van der Waals surface area contributed by atoms with E-state index >= 15 is 0 Å². The van der Waals surface area contributed by atoms with E-state index in [1.54, 1.807) is 13.1 Å². The van der Waals surface area contributed by atoms with Gasteiger partial charge < -0.3 is 10.2 Å². The summed E-state index contributed by atoms with van der Waals surface area (Å²) in [5, 5.41) is 6.16. The van der Waals surface area contributed by atoms with Gasteiger partial charge in [-0.3, -0.25) is 9.78 Å². The third kappa shape index (κ3) is 3.99. The Labute approximate surface area is 171 Å². The molecule has 4 rings (SSSR count). The molecule has 1 N–H and O–H groups in total. The van der Waals surface area contributed by atoms with Gasteiger partial charge in [0, 0.05) is 31.5 Å². The molecule has 3 aromatic rings. The van der Waals surface area contributed by atoms with Gasteiger partial charge >= 0.3 is 6.18 Å². The number of halogens is 6. The molecule has 4 heterocycles. The Hall–Kier alpha value is -3.38. The Kier molecular flexibility index (Phi) is 5.79. The molecule has 7 nitrogen and oxygen atoms in total. The van der Waals surface area contributed by atoms with Crippen molar-refractivity contribution in [2.75, 3.05) is 23.8 Å². The number of amides is 1. The van der Waals surface area contributed by atoms with E-state index < -0.39 is 30.5 Å². The van der Waals surface area contributed by atoms with Crippen LogP contribution in [0.15, 0.2) is 30.6 Å². The van der Waals surface area contributed by atoms with Gasteiger partial charge in [-0.25, -0.2) is 18.3 Å². The molecule has 0 aromatic carbocycles. The summed E-state index contributed by atoms with van der Waals surface area (Å²) in [5.74, 6) is -0.931. The molecule has 0 aliphatic carbocycles. The number of hydrogen-bond acceptors (Lipinski definition) is 5. The van der Waals surface area contributed by atoms with Crippen molar-refractivity contribution < 1.29 is 31.1 Å². The molecular formula is C18H16F6N6O. The number of aromatic nitrogens is 4. The minimum Gasteiger partial charge on any atom is -0.388 e. The lowest BCUT2D eigenvalue weighted by Crippen LogP contribution is -2.44. The van der Waals surface area contributed by atoms with Gasteiger partial charge in [0.2, 0.25) is 12.4 Å². The van der Waals surface area contributed by atoms with Gasteiger partial charge in [0.05, 0.1) is 17.6 Å². The summed E-state index contributed by atoms with van der Waals surface area (Å²) in [4.78, 5) is 19.2. The fraction of sp³-hybridized carbons (Fsp3) is 0.333. The molecule has 0 saturated heterocycles.